The van der Waals surface area contributed by atoms with E-state index in [9.17, 15) is 4.79 Å². The lowest BCUT2D eigenvalue weighted by Crippen LogP contribution is -2.13. The van der Waals surface area contributed by atoms with E-state index in [1.54, 1.807) is 6.07 Å². The number of carbonyl (C=O) groups excluding carboxylic acids is 1. The van der Waals surface area contributed by atoms with Gasteiger partial charge in [-0.05, 0) is 37.0 Å². The first kappa shape index (κ1) is 17.2. The highest BCUT2D eigenvalue weighted by atomic mass is 16.1. The number of aromatic nitrogens is 3. The first-order valence-electron chi connectivity index (χ1n) is 9.30. The van der Waals surface area contributed by atoms with E-state index in [0.717, 1.165) is 59.7 Å². The molecule has 0 spiro atoms. The summed E-state index contributed by atoms with van der Waals surface area (Å²) in [4.78, 5) is 20.5. The zero-order valence-corrected chi connectivity index (χ0v) is 15.1. The monoisotopic (exact) mass is 358 g/mol. The average Bonchev–Trinajstić information content (AvgIpc) is 3.11. The van der Waals surface area contributed by atoms with Gasteiger partial charge in [0.15, 0.2) is 0 Å². The number of imidazole rings is 1. The Morgan fingerprint density at radius 1 is 0.926 bits per heavy atom. The summed E-state index contributed by atoms with van der Waals surface area (Å²) in [5.74, 6) is -0.351. The van der Waals surface area contributed by atoms with Gasteiger partial charge < -0.3 is 10.3 Å². The summed E-state index contributed by atoms with van der Waals surface area (Å²) in [7, 11) is 0. The highest BCUT2D eigenvalue weighted by Gasteiger charge is 2.09. The van der Waals surface area contributed by atoms with E-state index in [4.69, 9.17) is 5.73 Å². The number of hydrogen-bond acceptors (Lipinski definition) is 3. The number of pyridine rings is 1. The zero-order valence-electron chi connectivity index (χ0n) is 15.1. The van der Waals surface area contributed by atoms with Crippen molar-refractivity contribution >= 4 is 27.8 Å². The Balaban J connectivity index is 1.40. The first-order chi connectivity index (χ1) is 13.2. The molecule has 0 radical (unpaired) electrons. The van der Waals surface area contributed by atoms with Crippen molar-refractivity contribution in [1.82, 2.24) is 14.5 Å². The van der Waals surface area contributed by atoms with Gasteiger partial charge in [0.05, 0.1) is 23.6 Å². The molecule has 1 amide bonds. The Labute approximate surface area is 157 Å². The van der Waals surface area contributed by atoms with Crippen LogP contribution in [-0.4, -0.2) is 20.4 Å². The molecule has 5 nitrogen and oxygen atoms in total. The molecule has 5 heteroatoms. The number of rotatable bonds is 7. The number of fused-ring (bicyclic) bond motifs is 3. The summed E-state index contributed by atoms with van der Waals surface area (Å²) in [6, 6.07) is 15.8. The van der Waals surface area contributed by atoms with Gasteiger partial charge in [-0.3, -0.25) is 9.78 Å². The van der Waals surface area contributed by atoms with Gasteiger partial charge in [-0.25, -0.2) is 4.98 Å². The lowest BCUT2D eigenvalue weighted by molar-refractivity contribution is 0.0999. The normalized spacial score (nSPS) is 11.3. The quantitative estimate of drug-likeness (QED) is 0.506. The Morgan fingerprint density at radius 3 is 2.63 bits per heavy atom. The molecule has 0 bridgehead atoms. The number of nitrogens with zero attached hydrogens (tertiary/aromatic N) is 3. The number of benzene rings is 2. The molecule has 0 atom stereocenters. The van der Waals surface area contributed by atoms with Crippen molar-refractivity contribution in [1.29, 1.82) is 0 Å². The van der Waals surface area contributed by atoms with E-state index in [0.29, 0.717) is 5.56 Å². The van der Waals surface area contributed by atoms with Crippen molar-refractivity contribution in [3.05, 3.63) is 72.2 Å². The number of primary amides is 1. The van der Waals surface area contributed by atoms with E-state index in [-0.39, 0.29) is 5.91 Å². The average molecular weight is 358 g/mol. The van der Waals surface area contributed by atoms with E-state index >= 15 is 0 Å². The Morgan fingerprint density at radius 2 is 1.74 bits per heavy atom. The van der Waals surface area contributed by atoms with Crippen molar-refractivity contribution in [2.45, 2.75) is 32.2 Å². The Hall–Kier alpha value is -3.21. The Bertz CT molecular complexity index is 1100. The number of para-hydroxylation sites is 1. The van der Waals surface area contributed by atoms with Crippen LogP contribution < -0.4 is 5.73 Å². The fraction of sp³-hybridized carbons (Fsp3) is 0.227. The molecule has 2 aromatic heterocycles. The van der Waals surface area contributed by atoms with Crippen LogP contribution in [0.1, 0.15) is 35.2 Å². The van der Waals surface area contributed by atoms with E-state index in [2.05, 4.69) is 20.6 Å². The van der Waals surface area contributed by atoms with Crippen LogP contribution in [0, 0.1) is 0 Å². The minimum Gasteiger partial charge on any atom is -0.366 e. The van der Waals surface area contributed by atoms with Crippen LogP contribution in [0.4, 0.5) is 0 Å². The Kier molecular flexibility index (Phi) is 4.83. The lowest BCUT2D eigenvalue weighted by Gasteiger charge is -2.08. The zero-order chi connectivity index (χ0) is 18.6. The highest BCUT2D eigenvalue weighted by molar-refractivity contribution is 6.01. The standard InChI is InChI=1S/C22H22N4O/c23-22(27)17-10-4-3-9-16(17)8-2-1-7-13-26-15-25-20-14-24-19-12-6-5-11-18(19)21(20)26/h3-6,9-12,14-15H,1-2,7-8,13H2,(H2,23,27). The summed E-state index contributed by atoms with van der Waals surface area (Å²) in [6.45, 7) is 0.919. The fourth-order valence-corrected chi connectivity index (χ4v) is 3.62. The second-order valence-corrected chi connectivity index (χ2v) is 6.78. The molecule has 0 aliphatic heterocycles. The molecule has 2 aromatic carbocycles. The van der Waals surface area contributed by atoms with Crippen LogP contribution in [0.25, 0.3) is 21.9 Å². The minimum atomic E-state index is -0.351. The second-order valence-electron chi connectivity index (χ2n) is 6.78. The maximum Gasteiger partial charge on any atom is 0.248 e. The first-order valence-corrected chi connectivity index (χ1v) is 9.30. The number of amides is 1. The molecule has 0 fully saturated rings. The van der Waals surface area contributed by atoms with Crippen LogP contribution in [0.3, 0.4) is 0 Å². The molecule has 136 valence electrons. The van der Waals surface area contributed by atoms with Gasteiger partial charge in [0.25, 0.3) is 0 Å². The molecule has 0 aliphatic rings. The number of hydrogen-bond donors (Lipinski definition) is 1. The molecule has 27 heavy (non-hydrogen) atoms. The summed E-state index contributed by atoms with van der Waals surface area (Å²) < 4.78 is 2.22. The van der Waals surface area contributed by atoms with E-state index in [1.165, 1.54) is 0 Å². The summed E-state index contributed by atoms with van der Waals surface area (Å²) in [6.07, 6.45) is 7.78. The largest absolute Gasteiger partial charge is 0.366 e. The maximum atomic E-state index is 11.5. The van der Waals surface area contributed by atoms with Gasteiger partial charge in [-0.1, -0.05) is 42.8 Å². The lowest BCUT2D eigenvalue weighted by atomic mass is 10.0. The molecule has 4 rings (SSSR count). The summed E-state index contributed by atoms with van der Waals surface area (Å²) >= 11 is 0. The van der Waals surface area contributed by atoms with Gasteiger partial charge in [0.2, 0.25) is 5.91 Å². The van der Waals surface area contributed by atoms with Gasteiger partial charge >= 0.3 is 0 Å². The van der Waals surface area contributed by atoms with Crippen LogP contribution in [0.2, 0.25) is 0 Å². The van der Waals surface area contributed by atoms with Crippen LogP contribution >= 0.6 is 0 Å². The van der Waals surface area contributed by atoms with Crippen molar-refractivity contribution < 1.29 is 4.79 Å². The predicted octanol–water partition coefficient (Wildman–Crippen LogP) is 4.10. The molecule has 0 aliphatic carbocycles. The second kappa shape index (κ2) is 7.58. The van der Waals surface area contributed by atoms with Gasteiger partial charge in [-0.15, -0.1) is 0 Å². The predicted molar refractivity (Wildman–Crippen MR) is 108 cm³/mol. The van der Waals surface area contributed by atoms with Crippen LogP contribution in [0.5, 0.6) is 0 Å². The smallest absolute Gasteiger partial charge is 0.248 e. The molecule has 2 N–H and O–H groups in total. The third-order valence-corrected chi connectivity index (χ3v) is 4.98. The van der Waals surface area contributed by atoms with Crippen molar-refractivity contribution in [2.75, 3.05) is 0 Å². The fourth-order valence-electron chi connectivity index (χ4n) is 3.62. The minimum absolute atomic E-state index is 0.351. The molecule has 4 aromatic rings. The van der Waals surface area contributed by atoms with Crippen molar-refractivity contribution in [3.8, 4) is 0 Å². The third-order valence-electron chi connectivity index (χ3n) is 4.98. The van der Waals surface area contributed by atoms with Gasteiger partial charge in [0, 0.05) is 17.5 Å². The maximum absolute atomic E-state index is 11.5. The SMILES string of the molecule is NC(=O)c1ccccc1CCCCCn1cnc2cnc3ccccc3c21. The molecular formula is C22H22N4O. The van der Waals surface area contributed by atoms with Crippen molar-refractivity contribution in [2.24, 2.45) is 5.73 Å². The van der Waals surface area contributed by atoms with Crippen LogP contribution in [0.15, 0.2) is 61.1 Å². The van der Waals surface area contributed by atoms with Gasteiger partial charge in [0.1, 0.15) is 5.52 Å². The molecule has 0 unspecified atom stereocenters. The van der Waals surface area contributed by atoms with Crippen molar-refractivity contribution in [3.63, 3.8) is 0 Å². The number of unbranched alkanes of at least 4 members (excludes halogenated alkanes) is 2. The highest BCUT2D eigenvalue weighted by Crippen LogP contribution is 2.23. The van der Waals surface area contributed by atoms with E-state index < -0.39 is 0 Å². The van der Waals surface area contributed by atoms with E-state index in [1.807, 2.05) is 48.9 Å². The summed E-state index contributed by atoms with van der Waals surface area (Å²) in [5.41, 5.74) is 10.2. The van der Waals surface area contributed by atoms with Gasteiger partial charge in [-0.2, -0.15) is 0 Å². The molecule has 2 heterocycles. The number of aryl methyl sites for hydroxylation is 2. The molecular weight excluding hydrogens is 336 g/mol. The molecule has 0 saturated carbocycles. The topological polar surface area (TPSA) is 73.8 Å². The van der Waals surface area contributed by atoms with Crippen LogP contribution in [-0.2, 0) is 13.0 Å². The number of carbonyl (C=O) groups is 1. The summed E-state index contributed by atoms with van der Waals surface area (Å²) in [5, 5.41) is 1.14. The third kappa shape index (κ3) is 3.53. The molecule has 0 saturated heterocycles. The number of nitrogens with two attached hydrogens (primary N) is 1.